The second-order valence-electron chi connectivity index (χ2n) is 4.37. The normalized spacial score (nSPS) is 12.3. The van der Waals surface area contributed by atoms with Crippen molar-refractivity contribution in [3.8, 4) is 5.75 Å². The highest BCUT2D eigenvalue weighted by Crippen LogP contribution is 2.11. The van der Waals surface area contributed by atoms with Gasteiger partial charge in [-0.2, -0.15) is 0 Å². The van der Waals surface area contributed by atoms with Gasteiger partial charge in [-0.25, -0.2) is 9.97 Å². The van der Waals surface area contributed by atoms with Gasteiger partial charge in [-0.05, 0) is 23.8 Å². The number of hydrogen-bond donors (Lipinski definition) is 2. The number of amides is 1. The zero-order valence-electron chi connectivity index (χ0n) is 11.9. The third kappa shape index (κ3) is 5.10. The van der Waals surface area contributed by atoms with Crippen LogP contribution in [0.25, 0.3) is 0 Å². The highest BCUT2D eigenvalue weighted by Gasteiger charge is 2.07. The molecule has 2 aromatic rings. The minimum Gasteiger partial charge on any atom is -0.497 e. The van der Waals surface area contributed by atoms with E-state index >= 15 is 0 Å². The summed E-state index contributed by atoms with van der Waals surface area (Å²) in [5.41, 5.74) is 1.16. The van der Waals surface area contributed by atoms with E-state index in [0.29, 0.717) is 12.5 Å². The molecule has 110 valence electrons. The second kappa shape index (κ2) is 7.84. The van der Waals surface area contributed by atoms with Gasteiger partial charge in [0.15, 0.2) is 0 Å². The summed E-state index contributed by atoms with van der Waals surface area (Å²) >= 11 is 0. The van der Waals surface area contributed by atoms with E-state index in [-0.39, 0.29) is 5.91 Å². The lowest BCUT2D eigenvalue weighted by molar-refractivity contribution is -0.125. The predicted molar refractivity (Wildman–Crippen MR) is 80.0 cm³/mol. The number of hydrogen-bond acceptors (Lipinski definition) is 5. The molecule has 0 unspecified atom stereocenters. The Morgan fingerprint density at radius 1 is 1.24 bits per heavy atom. The average Bonchev–Trinajstić information content (AvgIpc) is 2.53. The number of carbonyl (C=O) groups excluding carboxylic acids is 1. The molecule has 1 aromatic carbocycles. The molecular weight excluding hydrogens is 268 g/mol. The number of ether oxygens (including phenoxy) is 1. The Labute approximate surface area is 123 Å². The Hall–Kier alpha value is -2.63. The Balaban J connectivity index is 0.000000272. The van der Waals surface area contributed by atoms with Crippen LogP contribution >= 0.6 is 0 Å². The largest absolute Gasteiger partial charge is 0.497 e. The number of methoxy groups -OCH3 is 1. The molecule has 6 heteroatoms. The lowest BCUT2D eigenvalue weighted by Crippen LogP contribution is -2.37. The van der Waals surface area contributed by atoms with Crippen molar-refractivity contribution in [1.82, 2.24) is 15.3 Å². The van der Waals surface area contributed by atoms with Crippen LogP contribution in [0.1, 0.15) is 12.0 Å². The maximum atomic E-state index is 9.79. The van der Waals surface area contributed by atoms with Crippen LogP contribution in [-0.2, 0) is 11.3 Å². The number of aromatic nitrogens is 2. The molecule has 2 heterocycles. The number of rotatable bonds is 4. The van der Waals surface area contributed by atoms with Gasteiger partial charge >= 0.3 is 0 Å². The molecule has 0 bridgehead atoms. The second-order valence-corrected chi connectivity index (χ2v) is 4.37. The number of carbonyl (C=O) groups is 1. The highest BCUT2D eigenvalue weighted by molar-refractivity contribution is 5.81. The summed E-state index contributed by atoms with van der Waals surface area (Å²) < 4.78 is 5.09. The standard InChI is InChI=1S/C12H13N3O.C3H5NO/c1-16-11-5-3-10(4-6-11)9-15-12-13-7-2-8-14-12;5-3-1-2-4-3/h2-8H,9H2,1H3,(H,13,14,15);1-2H2,(H,4,5). The van der Waals surface area contributed by atoms with Gasteiger partial charge in [-0.15, -0.1) is 0 Å². The van der Waals surface area contributed by atoms with Crippen molar-refractivity contribution in [2.75, 3.05) is 19.0 Å². The minimum atomic E-state index is 0.185. The zero-order valence-corrected chi connectivity index (χ0v) is 11.9. The molecule has 0 aliphatic carbocycles. The number of anilines is 1. The molecule has 0 saturated carbocycles. The van der Waals surface area contributed by atoms with Gasteiger partial charge in [0.25, 0.3) is 0 Å². The van der Waals surface area contributed by atoms with Gasteiger partial charge in [0.1, 0.15) is 5.75 Å². The third-order valence-corrected chi connectivity index (χ3v) is 2.85. The van der Waals surface area contributed by atoms with E-state index in [2.05, 4.69) is 20.6 Å². The molecule has 1 fully saturated rings. The highest BCUT2D eigenvalue weighted by atomic mass is 16.5. The van der Waals surface area contributed by atoms with Crippen molar-refractivity contribution in [3.05, 3.63) is 48.3 Å². The molecule has 0 atom stereocenters. The van der Waals surface area contributed by atoms with Crippen molar-refractivity contribution in [3.63, 3.8) is 0 Å². The van der Waals surface area contributed by atoms with Crippen molar-refractivity contribution < 1.29 is 9.53 Å². The molecule has 0 radical (unpaired) electrons. The Morgan fingerprint density at radius 3 is 2.33 bits per heavy atom. The number of nitrogens with one attached hydrogen (secondary N) is 2. The topological polar surface area (TPSA) is 76.1 Å². The summed E-state index contributed by atoms with van der Waals surface area (Å²) in [5.74, 6) is 1.68. The van der Waals surface area contributed by atoms with Gasteiger partial charge < -0.3 is 15.4 Å². The summed E-state index contributed by atoms with van der Waals surface area (Å²) in [5, 5.41) is 5.70. The first-order valence-corrected chi connectivity index (χ1v) is 6.68. The molecule has 1 amide bonds. The molecule has 6 nitrogen and oxygen atoms in total. The van der Waals surface area contributed by atoms with Crippen LogP contribution in [0.3, 0.4) is 0 Å². The summed E-state index contributed by atoms with van der Waals surface area (Å²) in [7, 11) is 1.66. The van der Waals surface area contributed by atoms with Crippen molar-refractivity contribution in [2.24, 2.45) is 0 Å². The molecule has 2 N–H and O–H groups in total. The van der Waals surface area contributed by atoms with E-state index in [1.807, 2.05) is 24.3 Å². The lowest BCUT2D eigenvalue weighted by Gasteiger charge is -2.10. The van der Waals surface area contributed by atoms with Gasteiger partial charge in [-0.1, -0.05) is 12.1 Å². The summed E-state index contributed by atoms with van der Waals surface area (Å²) in [6.45, 7) is 1.59. The van der Waals surface area contributed by atoms with Crippen LogP contribution in [0.4, 0.5) is 5.95 Å². The molecule has 21 heavy (non-hydrogen) atoms. The maximum Gasteiger partial charge on any atom is 0.222 e. The SMILES string of the molecule is COc1ccc(CNc2ncccn2)cc1.O=C1CCN1. The van der Waals surface area contributed by atoms with Gasteiger partial charge in [0.05, 0.1) is 7.11 Å². The number of β-lactam (4-membered cyclic amide) rings is 1. The monoisotopic (exact) mass is 286 g/mol. The Bertz CT molecular complexity index is 552. The number of benzene rings is 1. The summed E-state index contributed by atoms with van der Waals surface area (Å²) in [4.78, 5) is 17.9. The average molecular weight is 286 g/mol. The molecule has 1 aromatic heterocycles. The van der Waals surface area contributed by atoms with Crippen LogP contribution in [0.15, 0.2) is 42.7 Å². The van der Waals surface area contributed by atoms with Crippen molar-refractivity contribution in [1.29, 1.82) is 0 Å². The van der Waals surface area contributed by atoms with Crippen molar-refractivity contribution >= 4 is 11.9 Å². The summed E-state index contributed by atoms with van der Waals surface area (Å²) in [6.07, 6.45) is 4.16. The Kier molecular flexibility index (Phi) is 5.51. The van der Waals surface area contributed by atoms with E-state index in [0.717, 1.165) is 24.3 Å². The third-order valence-electron chi connectivity index (χ3n) is 2.85. The number of nitrogens with zero attached hydrogens (tertiary/aromatic N) is 2. The smallest absolute Gasteiger partial charge is 0.222 e. The zero-order chi connectivity index (χ0) is 14.9. The first-order valence-electron chi connectivity index (χ1n) is 6.68. The summed E-state index contributed by atoms with van der Waals surface area (Å²) in [6, 6.07) is 9.67. The van der Waals surface area contributed by atoms with E-state index in [9.17, 15) is 4.79 Å². The van der Waals surface area contributed by atoms with E-state index < -0.39 is 0 Å². The first kappa shape index (κ1) is 14.8. The van der Waals surface area contributed by atoms with Crippen LogP contribution in [-0.4, -0.2) is 29.5 Å². The fourth-order valence-corrected chi connectivity index (χ4v) is 1.54. The minimum absolute atomic E-state index is 0.185. The first-order chi connectivity index (χ1) is 10.3. The fourth-order valence-electron chi connectivity index (χ4n) is 1.54. The maximum absolute atomic E-state index is 9.79. The molecule has 0 spiro atoms. The van der Waals surface area contributed by atoms with Crippen LogP contribution in [0.5, 0.6) is 5.75 Å². The van der Waals surface area contributed by atoms with E-state index in [1.54, 1.807) is 25.6 Å². The van der Waals surface area contributed by atoms with Gasteiger partial charge in [0.2, 0.25) is 11.9 Å². The van der Waals surface area contributed by atoms with E-state index in [1.165, 1.54) is 0 Å². The quantitative estimate of drug-likeness (QED) is 0.835. The molecule has 3 rings (SSSR count). The molecule has 1 aliphatic rings. The fraction of sp³-hybridized carbons (Fsp3) is 0.267. The molecular formula is C15H18N4O2. The van der Waals surface area contributed by atoms with Crippen LogP contribution in [0.2, 0.25) is 0 Å². The van der Waals surface area contributed by atoms with Crippen LogP contribution in [0, 0.1) is 0 Å². The predicted octanol–water partition coefficient (Wildman–Crippen LogP) is 1.60. The lowest BCUT2D eigenvalue weighted by atomic mass is 10.2. The van der Waals surface area contributed by atoms with Gasteiger partial charge in [0, 0.05) is 31.9 Å². The van der Waals surface area contributed by atoms with Crippen molar-refractivity contribution in [2.45, 2.75) is 13.0 Å². The Morgan fingerprint density at radius 2 is 1.86 bits per heavy atom. The van der Waals surface area contributed by atoms with Crippen LogP contribution < -0.4 is 15.4 Å². The molecule has 1 saturated heterocycles. The van der Waals surface area contributed by atoms with Gasteiger partial charge in [-0.3, -0.25) is 4.79 Å². The molecule has 1 aliphatic heterocycles. The van der Waals surface area contributed by atoms with E-state index in [4.69, 9.17) is 4.74 Å².